The molecule has 31 heavy (non-hydrogen) atoms. The fourth-order valence-corrected chi connectivity index (χ4v) is 5.79. The zero-order valence-corrected chi connectivity index (χ0v) is 18.7. The lowest BCUT2D eigenvalue weighted by Crippen LogP contribution is -2.39. The van der Waals surface area contributed by atoms with E-state index in [1.807, 2.05) is 80.6 Å². The molecule has 0 bridgehead atoms. The van der Waals surface area contributed by atoms with Crippen LogP contribution in [0.3, 0.4) is 0 Å². The fraction of sp³-hybridized carbons (Fsp3) is 0.240. The first kappa shape index (κ1) is 22.6. The van der Waals surface area contributed by atoms with Crippen molar-refractivity contribution in [2.45, 2.75) is 32.7 Å². The van der Waals surface area contributed by atoms with Crippen LogP contribution in [0.1, 0.15) is 25.8 Å². The molecule has 0 fully saturated rings. The molecule has 0 saturated heterocycles. The predicted octanol–water partition coefficient (Wildman–Crippen LogP) is 5.97. The van der Waals surface area contributed by atoms with Gasteiger partial charge < -0.3 is 14.6 Å². The molecule has 2 atom stereocenters. The van der Waals surface area contributed by atoms with Crippen LogP contribution in [0.5, 0.6) is 5.75 Å². The highest BCUT2D eigenvalue weighted by Gasteiger charge is 2.39. The van der Waals surface area contributed by atoms with Gasteiger partial charge >= 0.3 is 6.09 Å². The van der Waals surface area contributed by atoms with Gasteiger partial charge in [0.25, 0.3) is 7.37 Å². The number of hydrogen-bond donors (Lipinski definition) is 1. The van der Waals surface area contributed by atoms with E-state index in [0.29, 0.717) is 17.5 Å². The summed E-state index contributed by atoms with van der Waals surface area (Å²) < 4.78 is 25.8. The molecule has 0 heterocycles. The molecule has 162 valence electrons. The minimum Gasteiger partial charge on any atom is -0.445 e. The van der Waals surface area contributed by atoms with Crippen molar-refractivity contribution < 1.29 is 18.6 Å². The second kappa shape index (κ2) is 10.8. The van der Waals surface area contributed by atoms with Gasteiger partial charge in [-0.05, 0) is 42.2 Å². The standard InChI is InChI=1S/C25H28NO4P/c1-20(2)18-24(26-25(27)29-19-21-12-6-3-7-13-21)31(28,23-16-10-5-11-17-23)30-22-14-8-4-9-15-22/h3-17,20,24H,18-19H2,1-2H3,(H,26,27). The van der Waals surface area contributed by atoms with Gasteiger partial charge in [0.15, 0.2) is 0 Å². The Balaban J connectivity index is 1.85. The number of hydrogen-bond acceptors (Lipinski definition) is 4. The molecule has 1 amide bonds. The first-order valence-corrected chi connectivity index (χ1v) is 12.0. The van der Waals surface area contributed by atoms with E-state index in [9.17, 15) is 9.36 Å². The summed E-state index contributed by atoms with van der Waals surface area (Å²) in [6.45, 7) is 4.17. The summed E-state index contributed by atoms with van der Waals surface area (Å²) in [6, 6.07) is 27.5. The summed E-state index contributed by atoms with van der Waals surface area (Å²) in [6.07, 6.45) is -0.151. The summed E-state index contributed by atoms with van der Waals surface area (Å²) >= 11 is 0. The monoisotopic (exact) mass is 437 g/mol. The largest absolute Gasteiger partial charge is 0.445 e. The highest BCUT2D eigenvalue weighted by atomic mass is 31.2. The highest BCUT2D eigenvalue weighted by molar-refractivity contribution is 7.68. The summed E-state index contributed by atoms with van der Waals surface area (Å²) in [4.78, 5) is 12.6. The molecular formula is C25H28NO4P. The van der Waals surface area contributed by atoms with Crippen LogP contribution in [-0.2, 0) is 15.9 Å². The quantitative estimate of drug-likeness (QED) is 0.419. The first-order chi connectivity index (χ1) is 15.0. The van der Waals surface area contributed by atoms with Crippen LogP contribution in [-0.4, -0.2) is 11.9 Å². The van der Waals surface area contributed by atoms with Crippen molar-refractivity contribution in [3.63, 3.8) is 0 Å². The molecule has 0 saturated carbocycles. The van der Waals surface area contributed by atoms with Crippen molar-refractivity contribution in [3.8, 4) is 5.75 Å². The third kappa shape index (κ3) is 6.47. The van der Waals surface area contributed by atoms with Crippen LogP contribution < -0.4 is 15.1 Å². The number of carbonyl (C=O) groups is 1. The van der Waals surface area contributed by atoms with Crippen molar-refractivity contribution in [2.24, 2.45) is 5.92 Å². The van der Waals surface area contributed by atoms with E-state index in [-0.39, 0.29) is 12.5 Å². The number of benzene rings is 3. The normalized spacial score (nSPS) is 13.8. The summed E-state index contributed by atoms with van der Waals surface area (Å²) in [5.41, 5.74) is 0.879. The molecule has 0 aliphatic rings. The lowest BCUT2D eigenvalue weighted by Gasteiger charge is -2.30. The molecular weight excluding hydrogens is 409 g/mol. The SMILES string of the molecule is CC(C)CC(NC(=O)OCc1ccccc1)P(=O)(Oc1ccccc1)c1ccccc1. The Kier molecular flexibility index (Phi) is 7.91. The molecule has 6 heteroatoms. The number of para-hydroxylation sites is 1. The predicted molar refractivity (Wildman–Crippen MR) is 124 cm³/mol. The zero-order chi connectivity index (χ0) is 22.1. The van der Waals surface area contributed by atoms with Crippen LogP contribution in [0, 0.1) is 5.92 Å². The van der Waals surface area contributed by atoms with Gasteiger partial charge in [0.2, 0.25) is 0 Å². The van der Waals surface area contributed by atoms with E-state index in [1.165, 1.54) is 0 Å². The Morgan fingerprint density at radius 2 is 1.42 bits per heavy atom. The van der Waals surface area contributed by atoms with Gasteiger partial charge in [0, 0.05) is 0 Å². The molecule has 0 spiro atoms. The number of nitrogens with one attached hydrogen (secondary N) is 1. The van der Waals surface area contributed by atoms with Gasteiger partial charge in [-0.25, -0.2) is 4.79 Å². The Labute approximate surface area is 183 Å². The molecule has 1 N–H and O–H groups in total. The van der Waals surface area contributed by atoms with Crippen molar-refractivity contribution in [3.05, 3.63) is 96.6 Å². The van der Waals surface area contributed by atoms with Gasteiger partial charge in [-0.3, -0.25) is 4.57 Å². The van der Waals surface area contributed by atoms with Crippen LogP contribution in [0.2, 0.25) is 0 Å². The first-order valence-electron chi connectivity index (χ1n) is 10.3. The molecule has 3 rings (SSSR count). The molecule has 0 aliphatic heterocycles. The third-order valence-corrected chi connectivity index (χ3v) is 7.36. The minimum atomic E-state index is -3.52. The molecule has 0 aromatic heterocycles. The van der Waals surface area contributed by atoms with E-state index in [4.69, 9.17) is 9.26 Å². The van der Waals surface area contributed by atoms with E-state index < -0.39 is 19.2 Å². The van der Waals surface area contributed by atoms with Gasteiger partial charge in [-0.1, -0.05) is 80.6 Å². The Morgan fingerprint density at radius 1 is 0.871 bits per heavy atom. The van der Waals surface area contributed by atoms with Gasteiger partial charge in [0.1, 0.15) is 18.1 Å². The van der Waals surface area contributed by atoms with Crippen LogP contribution in [0.25, 0.3) is 0 Å². The minimum absolute atomic E-state index is 0.135. The number of alkyl carbamates (subject to hydrolysis) is 1. The molecule has 0 radical (unpaired) electrons. The summed E-state index contributed by atoms with van der Waals surface area (Å²) in [5.74, 6) is -0.0721. The second-order valence-electron chi connectivity index (χ2n) is 7.69. The molecule has 5 nitrogen and oxygen atoms in total. The Bertz CT molecular complexity index is 994. The van der Waals surface area contributed by atoms with Crippen LogP contribution in [0.15, 0.2) is 91.0 Å². The van der Waals surface area contributed by atoms with Gasteiger partial charge in [-0.15, -0.1) is 0 Å². The van der Waals surface area contributed by atoms with E-state index >= 15 is 0 Å². The topological polar surface area (TPSA) is 64.6 Å². The smallest absolute Gasteiger partial charge is 0.408 e. The van der Waals surface area contributed by atoms with Crippen molar-refractivity contribution in [2.75, 3.05) is 0 Å². The molecule has 0 aliphatic carbocycles. The average Bonchev–Trinajstić information content (AvgIpc) is 2.79. The number of carbonyl (C=O) groups excluding carboxylic acids is 1. The van der Waals surface area contributed by atoms with Crippen LogP contribution >= 0.6 is 7.37 Å². The summed E-state index contributed by atoms with van der Waals surface area (Å²) in [5, 5.41) is 3.38. The summed E-state index contributed by atoms with van der Waals surface area (Å²) in [7, 11) is -3.52. The van der Waals surface area contributed by atoms with Crippen molar-refractivity contribution in [1.82, 2.24) is 5.32 Å². The lowest BCUT2D eigenvalue weighted by molar-refractivity contribution is 0.137. The Hall–Kier alpha value is -3.04. The molecule has 3 aromatic carbocycles. The Morgan fingerprint density at radius 3 is 2.00 bits per heavy atom. The van der Waals surface area contributed by atoms with Gasteiger partial charge in [0.05, 0.1) is 5.30 Å². The highest BCUT2D eigenvalue weighted by Crippen LogP contribution is 2.51. The fourth-order valence-electron chi connectivity index (χ4n) is 3.20. The lowest BCUT2D eigenvalue weighted by atomic mass is 10.1. The van der Waals surface area contributed by atoms with E-state index in [2.05, 4.69) is 5.32 Å². The number of amides is 1. The third-order valence-electron chi connectivity index (χ3n) is 4.70. The zero-order valence-electron chi connectivity index (χ0n) is 17.8. The van der Waals surface area contributed by atoms with Crippen molar-refractivity contribution in [1.29, 1.82) is 0 Å². The maximum atomic E-state index is 14.3. The average molecular weight is 437 g/mol. The second-order valence-corrected chi connectivity index (χ2v) is 10.2. The van der Waals surface area contributed by atoms with E-state index in [1.54, 1.807) is 24.3 Å². The maximum absolute atomic E-state index is 14.3. The van der Waals surface area contributed by atoms with Crippen LogP contribution in [0.4, 0.5) is 4.79 Å². The number of ether oxygens (including phenoxy) is 1. The van der Waals surface area contributed by atoms with Gasteiger partial charge in [-0.2, -0.15) is 0 Å². The molecule has 3 aromatic rings. The molecule has 2 unspecified atom stereocenters. The van der Waals surface area contributed by atoms with E-state index in [0.717, 1.165) is 5.56 Å². The van der Waals surface area contributed by atoms with Crippen molar-refractivity contribution >= 4 is 18.8 Å². The number of rotatable bonds is 9. The maximum Gasteiger partial charge on any atom is 0.408 e.